The highest BCUT2D eigenvalue weighted by molar-refractivity contribution is 7.98. The minimum absolute atomic E-state index is 0.559. The number of aryl methyl sites for hydroxylation is 2. The summed E-state index contributed by atoms with van der Waals surface area (Å²) in [6.07, 6.45) is 1.80. The van der Waals surface area contributed by atoms with Crippen LogP contribution in [-0.4, -0.2) is 15.0 Å². The van der Waals surface area contributed by atoms with Crippen LogP contribution in [0.25, 0.3) is 10.9 Å². The Bertz CT molecular complexity index is 878. The SMILES string of the molecule is Cc1nc(C)c(C#N)c(SCc2cccc3cccnc23)n1. The quantitative estimate of drug-likeness (QED) is 0.544. The van der Waals surface area contributed by atoms with Gasteiger partial charge in [-0.05, 0) is 25.5 Å². The molecule has 3 aromatic rings. The van der Waals surface area contributed by atoms with E-state index in [1.807, 2.05) is 26.0 Å². The standard InChI is InChI=1S/C17H14N4S/c1-11-15(9-18)17(21-12(2)20-11)22-10-14-6-3-5-13-7-4-8-19-16(13)14/h3-8H,10H2,1-2H3. The molecule has 5 heteroatoms. The van der Waals surface area contributed by atoms with Crippen molar-refractivity contribution in [3.63, 3.8) is 0 Å². The van der Waals surface area contributed by atoms with E-state index in [0.29, 0.717) is 11.4 Å². The molecule has 0 spiro atoms. The highest BCUT2D eigenvalue weighted by Gasteiger charge is 2.11. The first-order chi connectivity index (χ1) is 10.7. The van der Waals surface area contributed by atoms with Gasteiger partial charge in [-0.3, -0.25) is 4.98 Å². The van der Waals surface area contributed by atoms with Crippen molar-refractivity contribution in [2.24, 2.45) is 0 Å². The zero-order valence-corrected chi connectivity index (χ0v) is 13.2. The van der Waals surface area contributed by atoms with Crippen LogP contribution in [0.3, 0.4) is 0 Å². The number of benzene rings is 1. The summed E-state index contributed by atoms with van der Waals surface area (Å²) in [6.45, 7) is 3.69. The van der Waals surface area contributed by atoms with E-state index < -0.39 is 0 Å². The Kier molecular flexibility index (Phi) is 4.03. The van der Waals surface area contributed by atoms with Gasteiger partial charge >= 0.3 is 0 Å². The van der Waals surface area contributed by atoms with Gasteiger partial charge in [0, 0.05) is 17.3 Å². The topological polar surface area (TPSA) is 62.5 Å². The summed E-state index contributed by atoms with van der Waals surface area (Å²) in [5, 5.41) is 11.2. The summed E-state index contributed by atoms with van der Waals surface area (Å²) in [7, 11) is 0. The molecule has 0 unspecified atom stereocenters. The van der Waals surface area contributed by atoms with Gasteiger partial charge in [-0.15, -0.1) is 11.8 Å². The van der Waals surface area contributed by atoms with Gasteiger partial charge < -0.3 is 0 Å². The molecule has 0 saturated carbocycles. The number of para-hydroxylation sites is 1. The van der Waals surface area contributed by atoms with Crippen LogP contribution in [0.1, 0.15) is 22.6 Å². The molecule has 22 heavy (non-hydrogen) atoms. The maximum absolute atomic E-state index is 9.30. The van der Waals surface area contributed by atoms with Gasteiger partial charge in [0.25, 0.3) is 0 Å². The Morgan fingerprint density at radius 2 is 1.95 bits per heavy atom. The number of pyridine rings is 1. The zero-order valence-electron chi connectivity index (χ0n) is 12.4. The third kappa shape index (κ3) is 2.78. The van der Waals surface area contributed by atoms with Gasteiger partial charge in [-0.2, -0.15) is 5.26 Å². The summed E-state index contributed by atoms with van der Waals surface area (Å²) in [6, 6.07) is 12.3. The molecule has 1 aromatic carbocycles. The normalized spacial score (nSPS) is 10.6. The van der Waals surface area contributed by atoms with Gasteiger partial charge in [0.15, 0.2) is 0 Å². The lowest BCUT2D eigenvalue weighted by Gasteiger charge is -2.08. The number of hydrogen-bond acceptors (Lipinski definition) is 5. The minimum atomic E-state index is 0.559. The van der Waals surface area contributed by atoms with Crippen LogP contribution in [0.15, 0.2) is 41.6 Å². The van der Waals surface area contributed by atoms with Crippen molar-refractivity contribution in [1.29, 1.82) is 5.26 Å². The average Bonchev–Trinajstić information content (AvgIpc) is 2.52. The molecule has 3 rings (SSSR count). The molecule has 2 heterocycles. The summed E-state index contributed by atoms with van der Waals surface area (Å²) in [5.74, 6) is 1.41. The number of thioether (sulfide) groups is 1. The van der Waals surface area contributed by atoms with E-state index in [2.05, 4.69) is 39.2 Å². The molecule has 0 atom stereocenters. The molecule has 0 bridgehead atoms. The second-order valence-electron chi connectivity index (χ2n) is 4.93. The zero-order chi connectivity index (χ0) is 15.5. The van der Waals surface area contributed by atoms with Crippen molar-refractivity contribution >= 4 is 22.7 Å². The van der Waals surface area contributed by atoms with Gasteiger partial charge in [0.1, 0.15) is 22.5 Å². The Morgan fingerprint density at radius 1 is 1.14 bits per heavy atom. The molecular formula is C17H14N4S. The molecule has 108 valence electrons. The smallest absolute Gasteiger partial charge is 0.126 e. The first-order valence-corrected chi connectivity index (χ1v) is 7.88. The van der Waals surface area contributed by atoms with E-state index in [4.69, 9.17) is 0 Å². The van der Waals surface area contributed by atoms with Crippen molar-refractivity contribution < 1.29 is 0 Å². The second kappa shape index (κ2) is 6.12. The van der Waals surface area contributed by atoms with E-state index in [9.17, 15) is 5.26 Å². The molecular weight excluding hydrogens is 292 g/mol. The van der Waals surface area contributed by atoms with Crippen LogP contribution in [-0.2, 0) is 5.75 Å². The summed E-state index contributed by atoms with van der Waals surface area (Å²) >= 11 is 1.55. The van der Waals surface area contributed by atoms with Crippen LogP contribution in [0.5, 0.6) is 0 Å². The van der Waals surface area contributed by atoms with Crippen LogP contribution >= 0.6 is 11.8 Å². The maximum Gasteiger partial charge on any atom is 0.126 e. The van der Waals surface area contributed by atoms with E-state index >= 15 is 0 Å². The van der Waals surface area contributed by atoms with Crippen LogP contribution < -0.4 is 0 Å². The predicted octanol–water partition coefficient (Wildman–Crippen LogP) is 3.81. The van der Waals surface area contributed by atoms with Crippen molar-refractivity contribution in [3.8, 4) is 6.07 Å². The Labute approximate surface area is 133 Å². The van der Waals surface area contributed by atoms with Crippen LogP contribution in [0.4, 0.5) is 0 Å². The fourth-order valence-electron chi connectivity index (χ4n) is 2.34. The first-order valence-electron chi connectivity index (χ1n) is 6.90. The number of aromatic nitrogens is 3. The second-order valence-corrected chi connectivity index (χ2v) is 5.89. The molecule has 0 amide bonds. The molecule has 0 aliphatic carbocycles. The number of rotatable bonds is 3. The van der Waals surface area contributed by atoms with E-state index in [0.717, 1.165) is 32.9 Å². The molecule has 0 fully saturated rings. The lowest BCUT2D eigenvalue weighted by atomic mass is 10.1. The number of hydrogen-bond donors (Lipinski definition) is 0. The molecule has 4 nitrogen and oxygen atoms in total. The van der Waals surface area contributed by atoms with Crippen molar-refractivity contribution in [2.75, 3.05) is 0 Å². The van der Waals surface area contributed by atoms with Gasteiger partial charge in [0.05, 0.1) is 11.2 Å². The third-order valence-electron chi connectivity index (χ3n) is 3.36. The largest absolute Gasteiger partial charge is 0.256 e. The van der Waals surface area contributed by atoms with E-state index in [1.165, 1.54) is 0 Å². The fourth-order valence-corrected chi connectivity index (χ4v) is 3.40. The fraction of sp³-hybridized carbons (Fsp3) is 0.176. The van der Waals surface area contributed by atoms with Gasteiger partial charge in [-0.1, -0.05) is 24.3 Å². The molecule has 0 aliphatic rings. The molecule has 2 aromatic heterocycles. The van der Waals surface area contributed by atoms with Crippen molar-refractivity contribution in [2.45, 2.75) is 24.6 Å². The summed E-state index contributed by atoms with van der Waals surface area (Å²) in [4.78, 5) is 13.1. The number of fused-ring (bicyclic) bond motifs is 1. The highest BCUT2D eigenvalue weighted by Crippen LogP contribution is 2.28. The average molecular weight is 306 g/mol. The Balaban J connectivity index is 1.94. The monoisotopic (exact) mass is 306 g/mol. The Hall–Kier alpha value is -2.45. The van der Waals surface area contributed by atoms with E-state index in [-0.39, 0.29) is 0 Å². The number of nitriles is 1. The first kappa shape index (κ1) is 14.5. The third-order valence-corrected chi connectivity index (χ3v) is 4.39. The predicted molar refractivity (Wildman–Crippen MR) is 87.5 cm³/mol. The molecule has 0 N–H and O–H groups in total. The lowest BCUT2D eigenvalue weighted by molar-refractivity contribution is 0.923. The van der Waals surface area contributed by atoms with Crippen LogP contribution in [0.2, 0.25) is 0 Å². The summed E-state index contributed by atoms with van der Waals surface area (Å²) in [5.41, 5.74) is 3.43. The summed E-state index contributed by atoms with van der Waals surface area (Å²) < 4.78 is 0. The van der Waals surface area contributed by atoms with Crippen molar-refractivity contribution in [3.05, 3.63) is 59.2 Å². The van der Waals surface area contributed by atoms with E-state index in [1.54, 1.807) is 18.0 Å². The molecule has 0 aliphatic heterocycles. The van der Waals surface area contributed by atoms with Gasteiger partial charge in [0.2, 0.25) is 0 Å². The number of nitrogens with zero attached hydrogens (tertiary/aromatic N) is 4. The highest BCUT2D eigenvalue weighted by atomic mass is 32.2. The minimum Gasteiger partial charge on any atom is -0.256 e. The lowest BCUT2D eigenvalue weighted by Crippen LogP contribution is -1.99. The molecule has 0 saturated heterocycles. The Morgan fingerprint density at radius 3 is 2.77 bits per heavy atom. The van der Waals surface area contributed by atoms with Crippen molar-refractivity contribution in [1.82, 2.24) is 15.0 Å². The molecule has 0 radical (unpaired) electrons. The van der Waals surface area contributed by atoms with Crippen LogP contribution in [0, 0.1) is 25.2 Å². The van der Waals surface area contributed by atoms with Gasteiger partial charge in [-0.25, -0.2) is 9.97 Å². The maximum atomic E-state index is 9.30.